The molecule has 37 heavy (non-hydrogen) atoms. The molecule has 8 nitrogen and oxygen atoms in total. The Bertz CT molecular complexity index is 1170. The highest BCUT2D eigenvalue weighted by Crippen LogP contribution is 2.39. The maximum atomic E-state index is 13.6. The molecular weight excluding hydrogens is 489 g/mol. The second kappa shape index (κ2) is 10.2. The zero-order chi connectivity index (χ0) is 27.0. The number of rotatable bonds is 7. The zero-order valence-electron chi connectivity index (χ0n) is 21.1. The topological polar surface area (TPSA) is 93.5 Å². The van der Waals surface area contributed by atoms with E-state index in [0.717, 1.165) is 31.8 Å². The van der Waals surface area contributed by atoms with Gasteiger partial charge in [-0.2, -0.15) is 18.3 Å². The van der Waals surface area contributed by atoms with Crippen molar-refractivity contribution in [1.29, 1.82) is 0 Å². The number of halogens is 3. The van der Waals surface area contributed by atoms with Crippen LogP contribution < -0.4 is 5.32 Å². The number of ketones is 1. The predicted molar refractivity (Wildman–Crippen MR) is 129 cm³/mol. The first-order chi connectivity index (χ1) is 17.3. The number of hydrogen-bond acceptors (Lipinski definition) is 6. The van der Waals surface area contributed by atoms with Crippen LogP contribution in [-0.4, -0.2) is 56.7 Å². The molecule has 0 spiro atoms. The van der Waals surface area contributed by atoms with Crippen molar-refractivity contribution in [3.8, 4) is 0 Å². The first-order valence-electron chi connectivity index (χ1n) is 12.4. The number of carbonyl (C=O) groups excluding carboxylic acids is 3. The Balaban J connectivity index is 1.51. The van der Waals surface area contributed by atoms with Crippen LogP contribution in [0.5, 0.6) is 0 Å². The van der Waals surface area contributed by atoms with Crippen LogP contribution in [0, 0.1) is 5.92 Å². The molecule has 0 radical (unpaired) electrons. The molecule has 1 atom stereocenters. The molecule has 2 heterocycles. The zero-order valence-corrected chi connectivity index (χ0v) is 21.1. The number of carbonyl (C=O) groups is 3. The van der Waals surface area contributed by atoms with Gasteiger partial charge in [0.25, 0.3) is 0 Å². The number of hydrogen-bond donors (Lipinski definition) is 1. The lowest BCUT2D eigenvalue weighted by Crippen LogP contribution is -2.42. The molecule has 1 aromatic heterocycles. The molecular formula is C26H31F3N4O4. The summed E-state index contributed by atoms with van der Waals surface area (Å²) in [7, 11) is 0. The van der Waals surface area contributed by atoms with Crippen molar-refractivity contribution in [2.45, 2.75) is 77.2 Å². The number of fused-ring (bicyclic) bond motifs is 1. The maximum Gasteiger partial charge on any atom is 0.420 e. The fourth-order valence-electron chi connectivity index (χ4n) is 5.04. The molecule has 3 aliphatic rings. The Morgan fingerprint density at radius 2 is 1.89 bits per heavy atom. The Morgan fingerprint density at radius 1 is 1.19 bits per heavy atom. The van der Waals surface area contributed by atoms with Crippen LogP contribution in [0.3, 0.4) is 0 Å². The lowest BCUT2D eigenvalue weighted by atomic mass is 9.93. The summed E-state index contributed by atoms with van der Waals surface area (Å²) in [4.78, 5) is 39.1. The van der Waals surface area contributed by atoms with Gasteiger partial charge in [-0.25, -0.2) is 0 Å². The molecule has 1 N–H and O–H groups in total. The van der Waals surface area contributed by atoms with Crippen LogP contribution in [0.4, 0.5) is 19.0 Å². The van der Waals surface area contributed by atoms with Crippen LogP contribution >= 0.6 is 0 Å². The van der Waals surface area contributed by atoms with Gasteiger partial charge in [0, 0.05) is 25.0 Å². The molecule has 1 aromatic rings. The highest BCUT2D eigenvalue weighted by Gasteiger charge is 2.44. The molecule has 0 unspecified atom stereocenters. The normalized spacial score (nSPS) is 19.2. The minimum Gasteiger partial charge on any atom is -0.459 e. The number of anilines is 1. The van der Waals surface area contributed by atoms with Crippen LogP contribution in [0.1, 0.15) is 52.9 Å². The van der Waals surface area contributed by atoms with E-state index in [1.54, 1.807) is 31.7 Å². The monoisotopic (exact) mass is 520 g/mol. The van der Waals surface area contributed by atoms with Crippen LogP contribution in [0.25, 0.3) is 0 Å². The lowest BCUT2D eigenvalue weighted by molar-refractivity contribution is -0.155. The van der Waals surface area contributed by atoms with Crippen molar-refractivity contribution in [3.63, 3.8) is 0 Å². The van der Waals surface area contributed by atoms with Gasteiger partial charge in [-0.15, -0.1) is 0 Å². The highest BCUT2D eigenvalue weighted by atomic mass is 19.4. The average molecular weight is 521 g/mol. The van der Waals surface area contributed by atoms with Gasteiger partial charge < -0.3 is 15.0 Å². The van der Waals surface area contributed by atoms with Gasteiger partial charge in [-0.1, -0.05) is 25.7 Å². The standard InChI is InChI=1S/C26H31F3N4O4/c1-25(2,3)37-22(35)15-33-11-10-21(31-33)30-24(36)19(12-16-6-4-5-7-16)32-13-17-8-9-20(34)23(18(17)14-32)26(27,28)29/h8-11,13,16,19H,4-7,12,14-15H2,1-3H3,(H,30,31,36)/t19-/m0/s1. The summed E-state index contributed by atoms with van der Waals surface area (Å²) >= 11 is 0. The van der Waals surface area contributed by atoms with Gasteiger partial charge in [0.1, 0.15) is 23.8 Å². The van der Waals surface area contributed by atoms with E-state index >= 15 is 0 Å². The predicted octanol–water partition coefficient (Wildman–Crippen LogP) is 4.31. The molecule has 1 aliphatic heterocycles. The summed E-state index contributed by atoms with van der Waals surface area (Å²) in [5, 5.41) is 6.97. The summed E-state index contributed by atoms with van der Waals surface area (Å²) in [5.41, 5.74) is -1.63. The number of esters is 1. The van der Waals surface area contributed by atoms with Gasteiger partial charge in [0.05, 0.1) is 0 Å². The van der Waals surface area contributed by atoms with Crippen molar-refractivity contribution < 1.29 is 32.3 Å². The number of alkyl halides is 3. The molecule has 4 rings (SSSR count). The summed E-state index contributed by atoms with van der Waals surface area (Å²) in [5.74, 6) is -1.47. The van der Waals surface area contributed by atoms with Crippen LogP contribution in [0.15, 0.2) is 47.3 Å². The number of allylic oxidation sites excluding steroid dienone is 3. The fraction of sp³-hybridized carbons (Fsp3) is 0.538. The van der Waals surface area contributed by atoms with E-state index in [9.17, 15) is 27.6 Å². The maximum absolute atomic E-state index is 13.6. The third-order valence-electron chi connectivity index (χ3n) is 6.58. The Morgan fingerprint density at radius 3 is 2.54 bits per heavy atom. The van der Waals surface area contributed by atoms with Gasteiger partial charge in [-0.3, -0.25) is 19.1 Å². The van der Waals surface area contributed by atoms with E-state index < -0.39 is 41.1 Å². The molecule has 200 valence electrons. The molecule has 1 amide bonds. The van der Waals surface area contributed by atoms with Gasteiger partial charge in [0.2, 0.25) is 5.91 Å². The van der Waals surface area contributed by atoms with Gasteiger partial charge in [0.15, 0.2) is 11.6 Å². The third-order valence-corrected chi connectivity index (χ3v) is 6.58. The summed E-state index contributed by atoms with van der Waals surface area (Å²) in [6.07, 6.45) is 5.06. The number of amides is 1. The smallest absolute Gasteiger partial charge is 0.420 e. The van der Waals surface area contributed by atoms with E-state index in [1.807, 2.05) is 0 Å². The van der Waals surface area contributed by atoms with Gasteiger partial charge in [-0.05, 0) is 56.4 Å². The molecule has 1 fully saturated rings. The number of nitrogens with zero attached hydrogens (tertiary/aromatic N) is 3. The number of aromatic nitrogens is 2. The Labute approximate surface area is 213 Å². The van der Waals surface area contributed by atoms with E-state index in [0.29, 0.717) is 6.42 Å². The summed E-state index contributed by atoms with van der Waals surface area (Å²) < 4.78 is 47.5. The lowest BCUT2D eigenvalue weighted by Gasteiger charge is -2.29. The second-order valence-electron chi connectivity index (χ2n) is 10.7. The highest BCUT2D eigenvalue weighted by molar-refractivity contribution is 6.08. The van der Waals surface area contributed by atoms with Crippen molar-refractivity contribution in [3.05, 3.63) is 47.3 Å². The molecule has 0 aromatic carbocycles. The van der Waals surface area contributed by atoms with Crippen LogP contribution in [-0.2, 0) is 25.7 Å². The van der Waals surface area contributed by atoms with Crippen molar-refractivity contribution >= 4 is 23.5 Å². The van der Waals surface area contributed by atoms with Crippen LogP contribution in [0.2, 0.25) is 0 Å². The van der Waals surface area contributed by atoms with E-state index in [-0.39, 0.29) is 36.0 Å². The third kappa shape index (κ3) is 6.50. The minimum absolute atomic E-state index is 0.106. The quantitative estimate of drug-likeness (QED) is 0.539. The SMILES string of the molecule is CC(C)(C)OC(=O)Cn1ccc(NC(=O)[C@H](CC2CCCC2)N2C=C3C=CC(=O)C(C(F)(F)F)=C3C2)n1. The summed E-state index contributed by atoms with van der Waals surface area (Å²) in [6.45, 7) is 4.96. The molecule has 1 saturated carbocycles. The first kappa shape index (κ1) is 26.7. The van der Waals surface area contributed by atoms with Gasteiger partial charge >= 0.3 is 12.1 Å². The average Bonchev–Trinajstić information content (AvgIpc) is 3.50. The van der Waals surface area contributed by atoms with E-state index in [1.165, 1.54) is 23.2 Å². The number of nitrogens with one attached hydrogen (secondary N) is 1. The van der Waals surface area contributed by atoms with Crippen molar-refractivity contribution in [2.24, 2.45) is 5.92 Å². The molecule has 11 heteroatoms. The summed E-state index contributed by atoms with van der Waals surface area (Å²) in [6, 6.07) is 0.797. The fourth-order valence-corrected chi connectivity index (χ4v) is 5.04. The largest absolute Gasteiger partial charge is 0.459 e. The van der Waals surface area contributed by atoms with E-state index in [4.69, 9.17) is 4.74 Å². The molecule has 2 aliphatic carbocycles. The minimum atomic E-state index is -4.78. The van der Waals surface area contributed by atoms with E-state index in [2.05, 4.69) is 10.4 Å². The molecule has 0 bridgehead atoms. The number of ether oxygens (including phenoxy) is 1. The van der Waals surface area contributed by atoms with Crippen molar-refractivity contribution in [1.82, 2.24) is 14.7 Å². The second-order valence-corrected chi connectivity index (χ2v) is 10.7. The molecule has 0 saturated heterocycles. The first-order valence-corrected chi connectivity index (χ1v) is 12.4. The Hall–Kier alpha value is -3.37. The Kier molecular flexibility index (Phi) is 7.34. The van der Waals surface area contributed by atoms with Crippen molar-refractivity contribution in [2.75, 3.05) is 11.9 Å².